The van der Waals surface area contributed by atoms with Crippen molar-refractivity contribution >= 4 is 32.7 Å². The number of aromatic nitrogens is 1. The number of halogens is 3. The number of hydrogen-bond acceptors (Lipinski definition) is 3. The van der Waals surface area contributed by atoms with E-state index in [9.17, 15) is 0 Å². The number of rotatable bonds is 3. The van der Waals surface area contributed by atoms with Gasteiger partial charge in [0.1, 0.15) is 5.52 Å². The molecule has 3 aromatic rings. The zero-order valence-corrected chi connectivity index (χ0v) is 16.4. The number of benzene rings is 2. The summed E-state index contributed by atoms with van der Waals surface area (Å²) >= 11 is 3.50. The summed E-state index contributed by atoms with van der Waals surface area (Å²) in [6.45, 7) is 4.41. The van der Waals surface area contributed by atoms with E-state index in [1.165, 1.54) is 0 Å². The highest BCUT2D eigenvalue weighted by atomic mass is 79.9. The van der Waals surface area contributed by atoms with E-state index in [-0.39, 0.29) is 6.42 Å². The predicted octanol–water partition coefficient (Wildman–Crippen LogP) is 5.79. The van der Waals surface area contributed by atoms with Crippen molar-refractivity contribution in [1.29, 1.82) is 0 Å². The van der Waals surface area contributed by atoms with Crippen LogP contribution in [0.5, 0.6) is 0 Å². The largest absolute Gasteiger partial charge is 0.435 e. The second-order valence-corrected chi connectivity index (χ2v) is 8.32. The van der Waals surface area contributed by atoms with Crippen LogP contribution in [0.4, 0.5) is 14.5 Å². The molecule has 1 aliphatic heterocycles. The van der Waals surface area contributed by atoms with Crippen molar-refractivity contribution in [3.05, 3.63) is 57.9 Å². The second-order valence-electron chi connectivity index (χ2n) is 7.40. The van der Waals surface area contributed by atoms with Crippen LogP contribution in [0.2, 0.25) is 0 Å². The van der Waals surface area contributed by atoms with Crippen molar-refractivity contribution in [1.82, 2.24) is 4.98 Å². The SMILES string of the molecule is Cc1cc(Br)cc2c1N(C)CC2(C)CC(F)(F)c1nc2ccccc2o1. The van der Waals surface area contributed by atoms with Crippen LogP contribution in [-0.2, 0) is 11.3 Å². The van der Waals surface area contributed by atoms with E-state index < -0.39 is 17.2 Å². The lowest BCUT2D eigenvalue weighted by molar-refractivity contribution is -0.0543. The molecule has 2 heterocycles. The van der Waals surface area contributed by atoms with E-state index in [1.54, 1.807) is 24.3 Å². The van der Waals surface area contributed by atoms with Gasteiger partial charge in [-0.25, -0.2) is 4.98 Å². The molecular weight excluding hydrogens is 402 g/mol. The number of likely N-dealkylation sites (N-methyl/N-ethyl adjacent to an activating group) is 1. The minimum Gasteiger partial charge on any atom is -0.435 e. The van der Waals surface area contributed by atoms with Crippen molar-refractivity contribution < 1.29 is 13.2 Å². The van der Waals surface area contributed by atoms with Crippen LogP contribution < -0.4 is 4.90 Å². The number of oxazole rings is 1. The molecule has 0 amide bonds. The van der Waals surface area contributed by atoms with Crippen molar-refractivity contribution in [2.45, 2.75) is 31.6 Å². The van der Waals surface area contributed by atoms with Gasteiger partial charge in [-0.1, -0.05) is 35.0 Å². The van der Waals surface area contributed by atoms with Gasteiger partial charge in [0.15, 0.2) is 5.58 Å². The lowest BCUT2D eigenvalue weighted by atomic mass is 9.78. The van der Waals surface area contributed by atoms with E-state index in [0.29, 0.717) is 17.6 Å². The Balaban J connectivity index is 1.75. The van der Waals surface area contributed by atoms with Gasteiger partial charge in [-0.2, -0.15) is 8.78 Å². The Morgan fingerprint density at radius 2 is 2.04 bits per heavy atom. The highest BCUT2D eigenvalue weighted by molar-refractivity contribution is 9.10. The van der Waals surface area contributed by atoms with Crippen LogP contribution >= 0.6 is 15.9 Å². The smallest absolute Gasteiger partial charge is 0.323 e. The number of aryl methyl sites for hydroxylation is 1. The molecule has 4 rings (SSSR count). The van der Waals surface area contributed by atoms with Crippen LogP contribution in [0.15, 0.2) is 45.3 Å². The van der Waals surface area contributed by atoms with Gasteiger partial charge < -0.3 is 9.32 Å². The van der Waals surface area contributed by atoms with Crippen molar-refractivity contribution in [3.63, 3.8) is 0 Å². The van der Waals surface area contributed by atoms with E-state index in [2.05, 4.69) is 25.8 Å². The van der Waals surface area contributed by atoms with E-state index >= 15 is 8.78 Å². The number of anilines is 1. The summed E-state index contributed by atoms with van der Waals surface area (Å²) in [4.78, 5) is 6.08. The van der Waals surface area contributed by atoms with E-state index in [0.717, 1.165) is 21.3 Å². The quantitative estimate of drug-likeness (QED) is 0.536. The van der Waals surface area contributed by atoms with Crippen molar-refractivity contribution in [3.8, 4) is 0 Å². The summed E-state index contributed by atoms with van der Waals surface area (Å²) in [5, 5.41) is 0. The first-order valence-corrected chi connectivity index (χ1v) is 9.25. The van der Waals surface area contributed by atoms with Crippen molar-refractivity contribution in [2.75, 3.05) is 18.5 Å². The van der Waals surface area contributed by atoms with Gasteiger partial charge >= 0.3 is 5.92 Å². The maximum atomic E-state index is 15.1. The Labute approximate surface area is 159 Å². The third-order valence-corrected chi connectivity index (χ3v) is 5.56. The van der Waals surface area contributed by atoms with Gasteiger partial charge in [0.25, 0.3) is 5.89 Å². The number of nitrogens with zero attached hydrogens (tertiary/aromatic N) is 2. The molecule has 2 aromatic carbocycles. The fourth-order valence-corrected chi connectivity index (χ4v) is 4.71. The van der Waals surface area contributed by atoms with Gasteiger partial charge in [-0.15, -0.1) is 0 Å². The maximum Gasteiger partial charge on any atom is 0.323 e. The molecule has 1 unspecified atom stereocenters. The molecular formula is C20H19BrF2N2O. The zero-order valence-electron chi connectivity index (χ0n) is 14.8. The molecule has 0 N–H and O–H groups in total. The van der Waals surface area contributed by atoms with Crippen LogP contribution in [0, 0.1) is 6.92 Å². The Morgan fingerprint density at radius 3 is 2.77 bits per heavy atom. The molecule has 1 aromatic heterocycles. The van der Waals surface area contributed by atoms with Crippen LogP contribution in [0.25, 0.3) is 11.1 Å². The van der Waals surface area contributed by atoms with Crippen LogP contribution in [0.3, 0.4) is 0 Å². The molecule has 0 saturated carbocycles. The van der Waals surface area contributed by atoms with Crippen LogP contribution in [0.1, 0.15) is 30.4 Å². The first kappa shape index (κ1) is 17.5. The van der Waals surface area contributed by atoms with Crippen molar-refractivity contribution in [2.24, 2.45) is 0 Å². The average molecular weight is 421 g/mol. The Morgan fingerprint density at radius 1 is 1.31 bits per heavy atom. The fraction of sp³-hybridized carbons (Fsp3) is 0.350. The molecule has 0 bridgehead atoms. The average Bonchev–Trinajstić information content (AvgIpc) is 3.07. The fourth-order valence-electron chi connectivity index (χ4n) is 4.14. The topological polar surface area (TPSA) is 29.3 Å². The van der Waals surface area contributed by atoms with Gasteiger partial charge in [0.05, 0.1) is 0 Å². The number of hydrogen-bond donors (Lipinski definition) is 0. The lowest BCUT2D eigenvalue weighted by Crippen LogP contribution is -2.34. The highest BCUT2D eigenvalue weighted by Crippen LogP contribution is 2.50. The van der Waals surface area contributed by atoms with Gasteiger partial charge in [0.2, 0.25) is 0 Å². The molecule has 0 aliphatic carbocycles. The summed E-state index contributed by atoms with van der Waals surface area (Å²) in [6.07, 6.45) is -0.361. The van der Waals surface area contributed by atoms with Gasteiger partial charge in [-0.3, -0.25) is 0 Å². The van der Waals surface area contributed by atoms with E-state index in [4.69, 9.17) is 4.42 Å². The normalized spacial score (nSPS) is 20.0. The number of alkyl halides is 2. The molecule has 0 spiro atoms. The molecule has 1 aliphatic rings. The Kier molecular flexibility index (Phi) is 3.88. The minimum atomic E-state index is -3.16. The monoisotopic (exact) mass is 420 g/mol. The van der Waals surface area contributed by atoms with E-state index in [1.807, 2.05) is 33.0 Å². The Bertz CT molecular complexity index is 968. The predicted molar refractivity (Wildman–Crippen MR) is 102 cm³/mol. The molecule has 0 fully saturated rings. The first-order valence-electron chi connectivity index (χ1n) is 8.45. The molecule has 26 heavy (non-hydrogen) atoms. The van der Waals surface area contributed by atoms with Gasteiger partial charge in [0, 0.05) is 35.6 Å². The zero-order chi connectivity index (χ0) is 18.7. The minimum absolute atomic E-state index is 0.361. The molecule has 0 radical (unpaired) electrons. The molecule has 6 heteroatoms. The first-order chi connectivity index (χ1) is 12.2. The maximum absolute atomic E-state index is 15.1. The standard InChI is InChI=1S/C20H19BrF2N2O/c1-12-8-13(21)9-14-17(12)25(3)11-19(14,2)10-20(22,23)18-24-15-6-4-5-7-16(15)26-18/h4-9H,10-11H2,1-3H3. The number of fused-ring (bicyclic) bond motifs is 2. The molecule has 1 atom stereocenters. The third kappa shape index (κ3) is 2.71. The summed E-state index contributed by atoms with van der Waals surface area (Å²) in [7, 11) is 1.95. The lowest BCUT2D eigenvalue weighted by Gasteiger charge is -2.28. The highest BCUT2D eigenvalue weighted by Gasteiger charge is 2.49. The molecule has 136 valence electrons. The summed E-state index contributed by atoms with van der Waals surface area (Å²) in [5.41, 5.74) is 3.17. The van der Waals surface area contributed by atoms with Gasteiger partial charge in [-0.05, 0) is 42.3 Å². The molecule has 0 saturated heterocycles. The summed E-state index contributed by atoms with van der Waals surface area (Å²) < 4.78 is 36.5. The summed E-state index contributed by atoms with van der Waals surface area (Å²) in [6, 6.07) is 10.8. The molecule has 3 nitrogen and oxygen atoms in total. The Hall–Kier alpha value is -1.95. The third-order valence-electron chi connectivity index (χ3n) is 5.10. The number of para-hydroxylation sites is 2. The van der Waals surface area contributed by atoms with Crippen LogP contribution in [-0.4, -0.2) is 18.6 Å². The summed E-state index contributed by atoms with van der Waals surface area (Å²) in [5.74, 6) is -3.67. The second kappa shape index (κ2) is 5.78.